The molecule has 1 heterocycles. The van der Waals surface area contributed by atoms with Gasteiger partial charge in [0, 0.05) is 17.4 Å². The Balaban J connectivity index is 0.000000191. The van der Waals surface area contributed by atoms with E-state index in [0.29, 0.717) is 17.1 Å². The number of nitrogens with two attached hydrogens (primary N) is 2. The van der Waals surface area contributed by atoms with E-state index in [1.807, 2.05) is 6.07 Å². The lowest BCUT2D eigenvalue weighted by atomic mass is 10.2. The molecule has 4 nitrogen and oxygen atoms in total. The number of nitrogen functional groups attached to an aromatic ring is 2. The van der Waals surface area contributed by atoms with Crippen molar-refractivity contribution in [1.82, 2.24) is 9.97 Å². The first-order chi connectivity index (χ1) is 9.02. The van der Waals surface area contributed by atoms with Gasteiger partial charge in [0.1, 0.15) is 18.0 Å². The molecule has 1 aromatic heterocycles. The molecule has 0 saturated carbocycles. The number of halogens is 1. The zero-order valence-electron chi connectivity index (χ0n) is 11.2. The van der Waals surface area contributed by atoms with Crippen LogP contribution in [0.1, 0.15) is 24.6 Å². The van der Waals surface area contributed by atoms with E-state index in [1.165, 1.54) is 12.4 Å². The van der Waals surface area contributed by atoms with Crippen LogP contribution in [-0.4, -0.2) is 9.97 Å². The van der Waals surface area contributed by atoms with Crippen molar-refractivity contribution in [2.75, 3.05) is 11.5 Å². The van der Waals surface area contributed by atoms with Crippen molar-refractivity contribution in [3.63, 3.8) is 0 Å². The lowest BCUT2D eigenvalue weighted by molar-refractivity contribution is 0.619. The second kappa shape index (κ2) is 7.31. The molecule has 102 valence electrons. The molecule has 0 radical (unpaired) electrons. The van der Waals surface area contributed by atoms with Crippen LogP contribution in [0, 0.1) is 12.7 Å². The third kappa shape index (κ3) is 5.33. The summed E-state index contributed by atoms with van der Waals surface area (Å²) in [5.41, 5.74) is 12.8. The molecule has 1 aromatic carbocycles. The Labute approximate surface area is 112 Å². The van der Waals surface area contributed by atoms with Gasteiger partial charge in [0.25, 0.3) is 0 Å². The summed E-state index contributed by atoms with van der Waals surface area (Å²) in [6.45, 7) is 3.81. The fourth-order valence-electron chi connectivity index (χ4n) is 1.42. The van der Waals surface area contributed by atoms with E-state index < -0.39 is 0 Å². The molecule has 0 saturated heterocycles. The molecular formula is C14H19FN4. The van der Waals surface area contributed by atoms with Crippen LogP contribution >= 0.6 is 0 Å². The van der Waals surface area contributed by atoms with Gasteiger partial charge in [0.05, 0.1) is 0 Å². The summed E-state index contributed by atoms with van der Waals surface area (Å²) in [7, 11) is 0. The van der Waals surface area contributed by atoms with Crippen LogP contribution < -0.4 is 11.5 Å². The van der Waals surface area contributed by atoms with Crippen molar-refractivity contribution in [2.45, 2.75) is 26.7 Å². The average molecular weight is 262 g/mol. The van der Waals surface area contributed by atoms with Gasteiger partial charge >= 0.3 is 0 Å². The first-order valence-corrected chi connectivity index (χ1v) is 6.11. The van der Waals surface area contributed by atoms with Crippen LogP contribution in [0.4, 0.5) is 15.9 Å². The molecule has 0 spiro atoms. The molecule has 2 rings (SSSR count). The predicted molar refractivity (Wildman–Crippen MR) is 76.0 cm³/mol. The largest absolute Gasteiger partial charge is 0.399 e. The van der Waals surface area contributed by atoms with Crippen LogP contribution in [0.3, 0.4) is 0 Å². The Bertz CT molecular complexity index is 529. The average Bonchev–Trinajstić information content (AvgIpc) is 2.36. The molecule has 0 atom stereocenters. The van der Waals surface area contributed by atoms with Gasteiger partial charge in [0.15, 0.2) is 0 Å². The van der Waals surface area contributed by atoms with Crippen molar-refractivity contribution < 1.29 is 4.39 Å². The Morgan fingerprint density at radius 3 is 2.42 bits per heavy atom. The number of aromatic nitrogens is 2. The van der Waals surface area contributed by atoms with Crippen LogP contribution in [-0.2, 0) is 6.42 Å². The van der Waals surface area contributed by atoms with Crippen molar-refractivity contribution in [3.05, 3.63) is 47.7 Å². The van der Waals surface area contributed by atoms with Crippen molar-refractivity contribution in [3.8, 4) is 0 Å². The van der Waals surface area contributed by atoms with E-state index in [9.17, 15) is 4.39 Å². The summed E-state index contributed by atoms with van der Waals surface area (Å²) in [4.78, 5) is 7.83. The van der Waals surface area contributed by atoms with Gasteiger partial charge in [0.2, 0.25) is 0 Å². The second-order valence-electron chi connectivity index (χ2n) is 4.19. The van der Waals surface area contributed by atoms with E-state index in [2.05, 4.69) is 16.9 Å². The fraction of sp³-hybridized carbons (Fsp3) is 0.286. The molecule has 4 N–H and O–H groups in total. The highest BCUT2D eigenvalue weighted by Gasteiger charge is 1.94. The van der Waals surface area contributed by atoms with Crippen molar-refractivity contribution in [1.29, 1.82) is 0 Å². The molecule has 19 heavy (non-hydrogen) atoms. The Morgan fingerprint density at radius 2 is 1.89 bits per heavy atom. The molecule has 0 aliphatic heterocycles. The second-order valence-corrected chi connectivity index (χ2v) is 4.19. The number of rotatable bonds is 2. The highest BCUT2D eigenvalue weighted by atomic mass is 19.1. The number of anilines is 2. The SMILES string of the molecule is CCCc1cc(N)ncn1.Cc1ccc(N)cc1F. The van der Waals surface area contributed by atoms with E-state index in [1.54, 1.807) is 19.1 Å². The minimum Gasteiger partial charge on any atom is -0.399 e. The van der Waals surface area contributed by atoms with Crippen LogP contribution in [0.5, 0.6) is 0 Å². The maximum absolute atomic E-state index is 12.5. The van der Waals surface area contributed by atoms with Gasteiger partial charge in [-0.15, -0.1) is 0 Å². The van der Waals surface area contributed by atoms with E-state index in [0.717, 1.165) is 18.5 Å². The zero-order chi connectivity index (χ0) is 14.3. The standard InChI is InChI=1S/C7H8FN.C7H11N3/c1-5-2-3-6(9)4-7(5)8;1-2-3-6-4-7(8)10-5-9-6/h2-4H,9H2,1H3;4-5H,2-3H2,1H3,(H2,8,9,10). The molecular weight excluding hydrogens is 243 g/mol. The molecule has 0 fully saturated rings. The number of aryl methyl sites for hydroxylation is 2. The topological polar surface area (TPSA) is 77.8 Å². The number of hydrogen-bond donors (Lipinski definition) is 2. The Morgan fingerprint density at radius 1 is 1.16 bits per heavy atom. The summed E-state index contributed by atoms with van der Waals surface area (Å²) in [6.07, 6.45) is 3.57. The van der Waals surface area contributed by atoms with Gasteiger partial charge in [-0.05, 0) is 31.0 Å². The number of nitrogens with zero attached hydrogens (tertiary/aromatic N) is 2. The fourth-order valence-corrected chi connectivity index (χ4v) is 1.42. The maximum Gasteiger partial charge on any atom is 0.128 e. The monoisotopic (exact) mass is 262 g/mol. The zero-order valence-corrected chi connectivity index (χ0v) is 11.2. The third-order valence-corrected chi connectivity index (χ3v) is 2.45. The number of hydrogen-bond acceptors (Lipinski definition) is 4. The quantitative estimate of drug-likeness (QED) is 0.816. The third-order valence-electron chi connectivity index (χ3n) is 2.45. The van der Waals surface area contributed by atoms with Crippen molar-refractivity contribution in [2.24, 2.45) is 0 Å². The number of benzene rings is 1. The first-order valence-electron chi connectivity index (χ1n) is 6.11. The van der Waals surface area contributed by atoms with Crippen LogP contribution in [0.2, 0.25) is 0 Å². The lowest BCUT2D eigenvalue weighted by Crippen LogP contribution is -1.94. The summed E-state index contributed by atoms with van der Waals surface area (Å²) in [6, 6.07) is 6.46. The van der Waals surface area contributed by atoms with Crippen LogP contribution in [0.25, 0.3) is 0 Å². The summed E-state index contributed by atoms with van der Waals surface area (Å²) in [5.74, 6) is 0.313. The van der Waals surface area contributed by atoms with E-state index >= 15 is 0 Å². The van der Waals surface area contributed by atoms with Gasteiger partial charge < -0.3 is 11.5 Å². The molecule has 0 amide bonds. The minimum absolute atomic E-state index is 0.241. The minimum atomic E-state index is -0.241. The molecule has 2 aromatic rings. The highest BCUT2D eigenvalue weighted by molar-refractivity contribution is 5.39. The van der Waals surface area contributed by atoms with Gasteiger partial charge in [-0.3, -0.25) is 0 Å². The van der Waals surface area contributed by atoms with Gasteiger partial charge in [-0.1, -0.05) is 19.4 Å². The van der Waals surface area contributed by atoms with Gasteiger partial charge in [-0.2, -0.15) is 0 Å². The predicted octanol–water partition coefficient (Wildman–Crippen LogP) is 2.73. The van der Waals surface area contributed by atoms with Crippen molar-refractivity contribution >= 4 is 11.5 Å². The summed E-state index contributed by atoms with van der Waals surface area (Å²) < 4.78 is 12.5. The molecule has 0 unspecified atom stereocenters. The lowest BCUT2D eigenvalue weighted by Gasteiger charge is -1.96. The van der Waals surface area contributed by atoms with E-state index in [4.69, 9.17) is 11.5 Å². The van der Waals surface area contributed by atoms with E-state index in [-0.39, 0.29) is 5.82 Å². The smallest absolute Gasteiger partial charge is 0.128 e. The van der Waals surface area contributed by atoms with Gasteiger partial charge in [-0.25, -0.2) is 14.4 Å². The normalized spacial score (nSPS) is 9.63. The molecule has 0 aliphatic rings. The Kier molecular flexibility index (Phi) is 5.73. The molecule has 0 aliphatic carbocycles. The Hall–Kier alpha value is -2.17. The molecule has 0 bridgehead atoms. The summed E-state index contributed by atoms with van der Waals surface area (Å²) in [5, 5.41) is 0. The van der Waals surface area contributed by atoms with Crippen LogP contribution in [0.15, 0.2) is 30.6 Å². The first kappa shape index (κ1) is 14.9. The maximum atomic E-state index is 12.5. The summed E-state index contributed by atoms with van der Waals surface area (Å²) >= 11 is 0. The molecule has 5 heteroatoms. The highest BCUT2D eigenvalue weighted by Crippen LogP contribution is 2.09.